The van der Waals surface area contributed by atoms with Crippen LogP contribution in [0.4, 0.5) is 0 Å². The Bertz CT molecular complexity index is 545. The number of aromatic nitrogens is 1. The summed E-state index contributed by atoms with van der Waals surface area (Å²) in [4.78, 5) is 4.15. The zero-order valence-electron chi connectivity index (χ0n) is 7.37. The maximum Gasteiger partial charge on any atom is 0.170 e. The van der Waals surface area contributed by atoms with E-state index in [4.69, 9.17) is 16.9 Å². The Morgan fingerprint density at radius 2 is 2.13 bits per heavy atom. The second-order valence-corrected chi connectivity index (χ2v) is 5.19. The maximum atomic E-state index is 8.75. The topological polar surface area (TPSA) is 36.7 Å². The Balaban J connectivity index is 2.56. The van der Waals surface area contributed by atoms with Gasteiger partial charge >= 0.3 is 0 Å². The second kappa shape index (κ2) is 4.31. The highest BCUT2D eigenvalue weighted by Gasteiger charge is 2.11. The number of rotatable bonds is 1. The van der Waals surface area contributed by atoms with Crippen molar-refractivity contribution in [2.75, 3.05) is 0 Å². The third-order valence-electron chi connectivity index (χ3n) is 1.80. The summed E-state index contributed by atoms with van der Waals surface area (Å²) >= 11 is 10.6. The minimum absolute atomic E-state index is 0.285. The molecule has 0 saturated heterocycles. The first-order chi connectivity index (χ1) is 7.22. The second-order valence-electron chi connectivity index (χ2n) is 2.73. The Morgan fingerprint density at radius 3 is 2.73 bits per heavy atom. The molecule has 5 heteroatoms. The molecular weight excluding hydrogens is 296 g/mol. The quantitative estimate of drug-likeness (QED) is 0.795. The fourth-order valence-electron chi connectivity index (χ4n) is 1.12. The van der Waals surface area contributed by atoms with Crippen molar-refractivity contribution in [2.24, 2.45) is 0 Å². The SMILES string of the molecule is N#Cc1nc(-c2ccccc2Br)sc1Cl. The molecule has 1 aromatic carbocycles. The minimum atomic E-state index is 0.285. The molecule has 0 atom stereocenters. The summed E-state index contributed by atoms with van der Waals surface area (Å²) in [5, 5.41) is 9.50. The molecule has 1 heterocycles. The number of thiazole rings is 1. The maximum absolute atomic E-state index is 8.75. The third-order valence-corrected chi connectivity index (χ3v) is 3.78. The van der Waals surface area contributed by atoms with Crippen LogP contribution in [0.15, 0.2) is 28.7 Å². The standard InChI is InChI=1S/C10H4BrClN2S/c11-7-4-2-1-3-6(7)10-14-8(5-13)9(12)15-10/h1-4H. The minimum Gasteiger partial charge on any atom is -0.224 e. The molecule has 0 aliphatic rings. The van der Waals surface area contributed by atoms with Crippen molar-refractivity contribution in [1.29, 1.82) is 5.26 Å². The molecule has 0 spiro atoms. The number of hydrogen-bond donors (Lipinski definition) is 0. The van der Waals surface area contributed by atoms with Crippen molar-refractivity contribution in [1.82, 2.24) is 4.98 Å². The van der Waals surface area contributed by atoms with Crippen molar-refractivity contribution < 1.29 is 0 Å². The van der Waals surface area contributed by atoms with E-state index in [1.165, 1.54) is 11.3 Å². The van der Waals surface area contributed by atoms with Gasteiger partial charge < -0.3 is 0 Å². The Hall–Kier alpha value is -0.890. The normalized spacial score (nSPS) is 9.93. The van der Waals surface area contributed by atoms with E-state index < -0.39 is 0 Å². The first kappa shape index (κ1) is 10.6. The lowest BCUT2D eigenvalue weighted by Crippen LogP contribution is -1.79. The summed E-state index contributed by atoms with van der Waals surface area (Å²) in [6.07, 6.45) is 0. The molecule has 0 aliphatic heterocycles. The Kier molecular flexibility index (Phi) is 3.06. The summed E-state index contributed by atoms with van der Waals surface area (Å²) in [6, 6.07) is 9.66. The third kappa shape index (κ3) is 2.05. The van der Waals surface area contributed by atoms with Gasteiger partial charge in [-0.15, -0.1) is 11.3 Å². The van der Waals surface area contributed by atoms with Gasteiger partial charge in [0.1, 0.15) is 15.4 Å². The van der Waals surface area contributed by atoms with E-state index in [0.29, 0.717) is 4.34 Å². The van der Waals surface area contributed by atoms with Crippen LogP contribution in [0.5, 0.6) is 0 Å². The molecule has 1 aromatic heterocycles. The molecule has 0 unspecified atom stereocenters. The van der Waals surface area contributed by atoms with Gasteiger partial charge in [-0.2, -0.15) is 5.26 Å². The largest absolute Gasteiger partial charge is 0.224 e. The summed E-state index contributed by atoms with van der Waals surface area (Å²) in [6.45, 7) is 0. The highest BCUT2D eigenvalue weighted by atomic mass is 79.9. The summed E-state index contributed by atoms with van der Waals surface area (Å²) in [5.41, 5.74) is 1.23. The Morgan fingerprint density at radius 1 is 1.40 bits per heavy atom. The molecule has 15 heavy (non-hydrogen) atoms. The van der Waals surface area contributed by atoms with E-state index in [1.807, 2.05) is 30.3 Å². The monoisotopic (exact) mass is 298 g/mol. The average Bonchev–Trinajstić information content (AvgIpc) is 2.60. The predicted molar refractivity (Wildman–Crippen MR) is 65.0 cm³/mol. The van der Waals surface area contributed by atoms with E-state index in [1.54, 1.807) is 0 Å². The summed E-state index contributed by atoms with van der Waals surface area (Å²) < 4.78 is 1.38. The van der Waals surface area contributed by atoms with Crippen LogP contribution in [-0.4, -0.2) is 4.98 Å². The van der Waals surface area contributed by atoms with Gasteiger partial charge in [-0.05, 0) is 6.07 Å². The smallest absolute Gasteiger partial charge is 0.170 e. The van der Waals surface area contributed by atoms with Crippen molar-refractivity contribution in [2.45, 2.75) is 0 Å². The fraction of sp³-hybridized carbons (Fsp3) is 0. The molecule has 0 radical (unpaired) electrons. The highest BCUT2D eigenvalue weighted by molar-refractivity contribution is 9.10. The van der Waals surface area contributed by atoms with Crippen LogP contribution < -0.4 is 0 Å². The van der Waals surface area contributed by atoms with Crippen molar-refractivity contribution >= 4 is 38.9 Å². The predicted octanol–water partition coefficient (Wildman–Crippen LogP) is 4.10. The van der Waals surface area contributed by atoms with Gasteiger partial charge in [0.05, 0.1) is 0 Å². The molecule has 0 amide bonds. The van der Waals surface area contributed by atoms with E-state index >= 15 is 0 Å². The van der Waals surface area contributed by atoms with Crippen molar-refractivity contribution in [3.05, 3.63) is 38.8 Å². The average molecular weight is 300 g/mol. The molecule has 74 valence electrons. The number of halogens is 2. The molecule has 2 aromatic rings. The van der Waals surface area contributed by atoms with Crippen LogP contribution in [0.3, 0.4) is 0 Å². The van der Waals surface area contributed by atoms with Crippen LogP contribution in [0.1, 0.15) is 5.69 Å². The molecule has 0 bridgehead atoms. The van der Waals surface area contributed by atoms with E-state index in [-0.39, 0.29) is 5.69 Å². The van der Waals surface area contributed by atoms with Gasteiger partial charge in [0.2, 0.25) is 0 Å². The first-order valence-corrected chi connectivity index (χ1v) is 6.02. The molecule has 0 fully saturated rings. The first-order valence-electron chi connectivity index (χ1n) is 4.03. The molecule has 2 nitrogen and oxygen atoms in total. The fourth-order valence-corrected chi connectivity index (χ4v) is 2.81. The van der Waals surface area contributed by atoms with Crippen LogP contribution >= 0.6 is 38.9 Å². The molecule has 0 aliphatic carbocycles. The van der Waals surface area contributed by atoms with Crippen LogP contribution in [0.25, 0.3) is 10.6 Å². The van der Waals surface area contributed by atoms with E-state index in [9.17, 15) is 0 Å². The summed E-state index contributed by atoms with van der Waals surface area (Å²) in [7, 11) is 0. The lowest BCUT2D eigenvalue weighted by atomic mass is 10.2. The van der Waals surface area contributed by atoms with E-state index in [2.05, 4.69) is 20.9 Å². The van der Waals surface area contributed by atoms with Gasteiger partial charge in [-0.1, -0.05) is 45.7 Å². The molecule has 0 N–H and O–H groups in total. The van der Waals surface area contributed by atoms with Gasteiger partial charge in [-0.3, -0.25) is 0 Å². The molecule has 2 rings (SSSR count). The van der Waals surface area contributed by atoms with Crippen molar-refractivity contribution in [3.63, 3.8) is 0 Å². The molecular formula is C10H4BrClN2S. The zero-order valence-corrected chi connectivity index (χ0v) is 10.5. The van der Waals surface area contributed by atoms with Crippen LogP contribution in [0, 0.1) is 11.3 Å². The van der Waals surface area contributed by atoms with Crippen LogP contribution in [0.2, 0.25) is 4.34 Å². The highest BCUT2D eigenvalue weighted by Crippen LogP contribution is 2.34. The van der Waals surface area contributed by atoms with E-state index in [0.717, 1.165) is 15.0 Å². The number of benzene rings is 1. The zero-order chi connectivity index (χ0) is 10.8. The lowest BCUT2D eigenvalue weighted by Gasteiger charge is -1.97. The molecule has 0 saturated carbocycles. The van der Waals surface area contributed by atoms with Gasteiger partial charge in [0.15, 0.2) is 5.69 Å². The summed E-state index contributed by atoms with van der Waals surface area (Å²) in [5.74, 6) is 0. The van der Waals surface area contributed by atoms with Crippen molar-refractivity contribution in [3.8, 4) is 16.6 Å². The van der Waals surface area contributed by atoms with Crippen LogP contribution in [-0.2, 0) is 0 Å². The van der Waals surface area contributed by atoms with Gasteiger partial charge in [0, 0.05) is 10.0 Å². The van der Waals surface area contributed by atoms with Gasteiger partial charge in [0.25, 0.3) is 0 Å². The number of nitriles is 1. The van der Waals surface area contributed by atoms with Gasteiger partial charge in [-0.25, -0.2) is 4.98 Å². The Labute approximate surface area is 104 Å². The number of hydrogen-bond acceptors (Lipinski definition) is 3. The lowest BCUT2D eigenvalue weighted by molar-refractivity contribution is 1.33. The number of nitrogens with zero attached hydrogens (tertiary/aromatic N) is 2.